The van der Waals surface area contributed by atoms with E-state index >= 15 is 0 Å². The van der Waals surface area contributed by atoms with Gasteiger partial charge < -0.3 is 5.32 Å². The molecule has 0 amide bonds. The highest BCUT2D eigenvalue weighted by Crippen LogP contribution is 2.23. The Balaban J connectivity index is 1.94. The molecule has 2 heterocycles. The van der Waals surface area contributed by atoms with Gasteiger partial charge in [0.1, 0.15) is 5.01 Å². The lowest BCUT2D eigenvalue weighted by atomic mass is 10.1. The van der Waals surface area contributed by atoms with Gasteiger partial charge in [0.15, 0.2) is 0 Å². The summed E-state index contributed by atoms with van der Waals surface area (Å²) >= 11 is 1.78. The van der Waals surface area contributed by atoms with Crippen LogP contribution in [0.15, 0.2) is 11.6 Å². The van der Waals surface area contributed by atoms with Gasteiger partial charge in [0.2, 0.25) is 0 Å². The first-order valence-corrected chi connectivity index (χ1v) is 8.06. The third-order valence-electron chi connectivity index (χ3n) is 3.77. The first-order valence-electron chi connectivity index (χ1n) is 7.18. The van der Waals surface area contributed by atoms with Crippen LogP contribution in [0.1, 0.15) is 50.6 Å². The highest BCUT2D eigenvalue weighted by atomic mass is 32.1. The molecule has 0 aliphatic carbocycles. The van der Waals surface area contributed by atoms with Crippen LogP contribution in [0.5, 0.6) is 0 Å². The van der Waals surface area contributed by atoms with E-state index in [2.05, 4.69) is 34.4 Å². The van der Waals surface area contributed by atoms with E-state index in [9.17, 15) is 0 Å². The fourth-order valence-electron chi connectivity index (χ4n) is 2.60. The Morgan fingerprint density at radius 1 is 1.61 bits per heavy atom. The quantitative estimate of drug-likeness (QED) is 0.823. The minimum atomic E-state index is 0.457. The summed E-state index contributed by atoms with van der Waals surface area (Å²) in [5.41, 5.74) is 0. The summed E-state index contributed by atoms with van der Waals surface area (Å²) in [5.74, 6) is 0. The lowest BCUT2D eigenvalue weighted by molar-refractivity contribution is 0.189. The number of hydrogen-bond acceptors (Lipinski definition) is 4. The molecule has 0 radical (unpaired) electrons. The Labute approximate surface area is 115 Å². The molecule has 1 saturated heterocycles. The van der Waals surface area contributed by atoms with E-state index in [4.69, 9.17) is 0 Å². The molecule has 1 aliphatic heterocycles. The predicted molar refractivity (Wildman–Crippen MR) is 78.0 cm³/mol. The van der Waals surface area contributed by atoms with E-state index < -0.39 is 0 Å². The van der Waals surface area contributed by atoms with Gasteiger partial charge in [0, 0.05) is 24.2 Å². The topological polar surface area (TPSA) is 28.2 Å². The number of thiazole rings is 1. The van der Waals surface area contributed by atoms with Crippen molar-refractivity contribution in [2.45, 2.75) is 51.6 Å². The van der Waals surface area contributed by atoms with Gasteiger partial charge in [-0.25, -0.2) is 4.98 Å². The van der Waals surface area contributed by atoms with Gasteiger partial charge in [0.25, 0.3) is 0 Å². The van der Waals surface area contributed by atoms with Gasteiger partial charge in [-0.3, -0.25) is 4.90 Å². The Hall–Kier alpha value is -0.450. The van der Waals surface area contributed by atoms with Crippen molar-refractivity contribution in [1.82, 2.24) is 15.2 Å². The number of nitrogens with zero attached hydrogens (tertiary/aromatic N) is 2. The first kappa shape index (κ1) is 14.0. The Morgan fingerprint density at radius 3 is 3.11 bits per heavy atom. The van der Waals surface area contributed by atoms with Crippen LogP contribution in [0.3, 0.4) is 0 Å². The maximum Gasteiger partial charge on any atom is 0.109 e. The summed E-state index contributed by atoms with van der Waals surface area (Å²) in [7, 11) is 0. The fourth-order valence-corrected chi connectivity index (χ4v) is 3.33. The molecule has 0 spiro atoms. The van der Waals surface area contributed by atoms with Gasteiger partial charge in [-0.2, -0.15) is 0 Å². The maximum absolute atomic E-state index is 4.48. The molecule has 18 heavy (non-hydrogen) atoms. The van der Waals surface area contributed by atoms with Crippen LogP contribution in [-0.4, -0.2) is 35.6 Å². The lowest BCUT2D eigenvalue weighted by Gasteiger charge is -2.30. The van der Waals surface area contributed by atoms with Gasteiger partial charge >= 0.3 is 0 Å². The zero-order valence-corrected chi connectivity index (χ0v) is 12.4. The zero-order chi connectivity index (χ0) is 12.8. The monoisotopic (exact) mass is 267 g/mol. The molecule has 102 valence electrons. The first-order chi connectivity index (χ1) is 8.81. The van der Waals surface area contributed by atoms with E-state index in [1.54, 1.807) is 11.3 Å². The number of aromatic nitrogens is 1. The normalized spacial score (nSPS) is 21.6. The second-order valence-corrected chi connectivity index (χ2v) is 6.11. The molecule has 3 nitrogen and oxygen atoms in total. The number of nitrogens with one attached hydrogen (secondary N) is 1. The zero-order valence-electron chi connectivity index (χ0n) is 11.6. The van der Waals surface area contributed by atoms with Crippen molar-refractivity contribution in [1.29, 1.82) is 0 Å². The fraction of sp³-hybridized carbons (Fsp3) is 0.786. The van der Waals surface area contributed by atoms with E-state index in [0.29, 0.717) is 12.1 Å². The van der Waals surface area contributed by atoms with Gasteiger partial charge in [0.05, 0.1) is 6.04 Å². The van der Waals surface area contributed by atoms with Crippen LogP contribution in [0.25, 0.3) is 0 Å². The predicted octanol–water partition coefficient (Wildman–Crippen LogP) is 3.06. The smallest absolute Gasteiger partial charge is 0.109 e. The highest BCUT2D eigenvalue weighted by Gasteiger charge is 2.23. The average molecular weight is 267 g/mol. The van der Waals surface area contributed by atoms with Crippen molar-refractivity contribution in [3.63, 3.8) is 0 Å². The lowest BCUT2D eigenvalue weighted by Crippen LogP contribution is -2.39. The Bertz CT molecular complexity index is 320. The van der Waals surface area contributed by atoms with Gasteiger partial charge in [-0.05, 0) is 39.3 Å². The van der Waals surface area contributed by atoms with Crippen LogP contribution in [-0.2, 0) is 0 Å². The van der Waals surface area contributed by atoms with E-state index in [1.807, 2.05) is 6.20 Å². The minimum Gasteiger partial charge on any atom is -0.313 e. The summed E-state index contributed by atoms with van der Waals surface area (Å²) in [6.07, 6.45) is 7.12. The van der Waals surface area contributed by atoms with Crippen LogP contribution >= 0.6 is 11.3 Å². The van der Waals surface area contributed by atoms with Crippen LogP contribution in [0.2, 0.25) is 0 Å². The third kappa shape index (κ3) is 3.77. The average Bonchev–Trinajstić information content (AvgIpc) is 3.06. The summed E-state index contributed by atoms with van der Waals surface area (Å²) in [5, 5.41) is 6.94. The SMILES string of the molecule is CCCCN(CC1CCCN1)C(C)c1nccs1. The van der Waals surface area contributed by atoms with Crippen molar-refractivity contribution in [2.24, 2.45) is 0 Å². The van der Waals surface area contributed by atoms with E-state index in [1.165, 1.54) is 50.3 Å². The molecule has 1 N–H and O–H groups in total. The standard InChI is InChI=1S/C14H25N3S/c1-3-4-9-17(11-13-6-5-7-15-13)12(2)14-16-8-10-18-14/h8,10,12-13,15H,3-7,9,11H2,1-2H3. The van der Waals surface area contributed by atoms with Gasteiger partial charge in [-0.15, -0.1) is 11.3 Å². The molecular formula is C14H25N3S. The summed E-state index contributed by atoms with van der Waals surface area (Å²) in [4.78, 5) is 7.08. The second kappa shape index (κ2) is 7.22. The molecule has 1 aromatic rings. The molecule has 2 unspecified atom stereocenters. The molecule has 4 heteroatoms. The summed E-state index contributed by atoms with van der Waals surface area (Å²) in [6, 6.07) is 1.14. The molecule has 0 bridgehead atoms. The van der Waals surface area contributed by atoms with Crippen LogP contribution < -0.4 is 5.32 Å². The van der Waals surface area contributed by atoms with Crippen molar-refractivity contribution < 1.29 is 0 Å². The Kier molecular flexibility index (Phi) is 5.60. The van der Waals surface area contributed by atoms with Crippen molar-refractivity contribution in [3.05, 3.63) is 16.6 Å². The molecule has 2 atom stereocenters. The van der Waals surface area contributed by atoms with Crippen molar-refractivity contribution >= 4 is 11.3 Å². The molecule has 0 aromatic carbocycles. The second-order valence-electron chi connectivity index (χ2n) is 5.19. The third-order valence-corrected chi connectivity index (χ3v) is 4.72. The van der Waals surface area contributed by atoms with Gasteiger partial charge in [-0.1, -0.05) is 13.3 Å². The van der Waals surface area contributed by atoms with Crippen LogP contribution in [0.4, 0.5) is 0 Å². The molecule has 2 rings (SSSR count). The molecule has 1 aliphatic rings. The summed E-state index contributed by atoms with van der Waals surface area (Å²) in [6.45, 7) is 8.11. The van der Waals surface area contributed by atoms with Crippen molar-refractivity contribution in [3.8, 4) is 0 Å². The van der Waals surface area contributed by atoms with Crippen LogP contribution in [0, 0.1) is 0 Å². The van der Waals surface area contributed by atoms with E-state index in [-0.39, 0.29) is 0 Å². The van der Waals surface area contributed by atoms with Crippen molar-refractivity contribution in [2.75, 3.05) is 19.6 Å². The minimum absolute atomic E-state index is 0.457. The number of unbranched alkanes of at least 4 members (excludes halogenated alkanes) is 1. The maximum atomic E-state index is 4.48. The Morgan fingerprint density at radius 2 is 2.50 bits per heavy atom. The number of hydrogen-bond donors (Lipinski definition) is 1. The largest absolute Gasteiger partial charge is 0.313 e. The number of rotatable bonds is 7. The molecule has 0 saturated carbocycles. The summed E-state index contributed by atoms with van der Waals surface area (Å²) < 4.78 is 0. The molecule has 1 aromatic heterocycles. The molecular weight excluding hydrogens is 242 g/mol. The van der Waals surface area contributed by atoms with E-state index in [0.717, 1.165) is 0 Å². The highest BCUT2D eigenvalue weighted by molar-refractivity contribution is 7.09. The molecule has 1 fully saturated rings.